The molecule has 1 fully saturated rings. The highest BCUT2D eigenvalue weighted by molar-refractivity contribution is 7.79. The largest absolute Gasteiger partial charge is 0.768 e. The number of nitrogens with zero attached hydrogens (tertiary/aromatic N) is 2. The Bertz CT molecular complexity index is 1460. The molecule has 0 saturated carbocycles. The highest BCUT2D eigenvalue weighted by Gasteiger charge is 2.64. The van der Waals surface area contributed by atoms with Crippen LogP contribution in [0.3, 0.4) is 0 Å². The molecule has 4 aromatic rings. The minimum Gasteiger partial charge on any atom is -0.768 e. The van der Waals surface area contributed by atoms with Gasteiger partial charge in [0.15, 0.2) is 11.5 Å². The third-order valence-corrected chi connectivity index (χ3v) is 9.71. The number of pyridine rings is 1. The average Bonchev–Trinajstić information content (AvgIpc) is 3.64. The molecule has 0 radical (unpaired) electrons. The number of aromatic hydroxyl groups is 1. The number of hydrogen-bond acceptors (Lipinski definition) is 8. The second-order valence-electron chi connectivity index (χ2n) is 10.3. The summed E-state index contributed by atoms with van der Waals surface area (Å²) in [6.07, 6.45) is 5.78. The topological polar surface area (TPSA) is 106 Å². The molecule has 8 rings (SSSR count). The Morgan fingerprint density at radius 1 is 1.15 bits per heavy atom. The second kappa shape index (κ2) is 10.5. The van der Waals surface area contributed by atoms with E-state index in [1.54, 1.807) is 17.4 Å². The first kappa shape index (κ1) is 26.2. The van der Waals surface area contributed by atoms with Crippen LogP contribution in [0, 0.1) is 5.92 Å². The van der Waals surface area contributed by atoms with Crippen molar-refractivity contribution in [2.45, 2.75) is 41.4 Å². The molecule has 202 valence electrons. The molecule has 2 N–H and O–H groups in total. The maximum Gasteiger partial charge on any atom is 0.165 e. The van der Waals surface area contributed by atoms with Crippen LogP contribution in [0.1, 0.15) is 17.5 Å². The van der Waals surface area contributed by atoms with Gasteiger partial charge in [0.1, 0.15) is 12.2 Å². The molecule has 7 nitrogen and oxygen atoms in total. The first-order valence-corrected chi connectivity index (χ1v) is 14.9. The number of likely N-dealkylation sites (N-methyl/N-ethyl adjacent to an activating group) is 1. The van der Waals surface area contributed by atoms with Crippen LogP contribution in [-0.2, 0) is 22.9 Å². The number of likely N-dealkylation sites (tertiary alicyclic amines) is 1. The van der Waals surface area contributed by atoms with E-state index in [0.29, 0.717) is 12.2 Å². The molecule has 4 aliphatic rings. The van der Waals surface area contributed by atoms with Crippen molar-refractivity contribution < 1.29 is 23.7 Å². The summed E-state index contributed by atoms with van der Waals surface area (Å²) in [6.45, 7) is 0.853. The fraction of sp³-hybridized carbons (Fsp3) is 0.300. The summed E-state index contributed by atoms with van der Waals surface area (Å²) in [7, 11) is 2.06. The van der Waals surface area contributed by atoms with E-state index in [1.807, 2.05) is 53.4 Å². The Morgan fingerprint density at radius 2 is 1.92 bits per heavy atom. The zero-order valence-corrected chi connectivity index (χ0v) is 23.0. The van der Waals surface area contributed by atoms with Crippen molar-refractivity contribution in [2.24, 2.45) is 5.92 Å². The minimum atomic E-state index is -2.43. The zero-order chi connectivity index (χ0) is 27.1. The number of ether oxygens (including phenoxy) is 1. The quantitative estimate of drug-likeness (QED) is 0.262. The molecule has 2 aliphatic carbocycles. The van der Waals surface area contributed by atoms with Crippen molar-refractivity contribution in [3.8, 4) is 11.5 Å². The number of benzene rings is 2. The Hall–Kier alpha value is -3.08. The van der Waals surface area contributed by atoms with Crippen LogP contribution in [0.2, 0.25) is 0 Å². The number of para-hydroxylation sites is 1. The van der Waals surface area contributed by atoms with Crippen molar-refractivity contribution >= 4 is 33.3 Å². The number of aliphatic hydroxyl groups excluding tert-OH is 1. The standard InChI is InChI=1S/C17H19NO5S.C9H7N.C4H4S/c1-18-5-4-17-9-2-3-11(19)16(17)23-15-12(20)7-13(24(21)22)8(14(15)17)6-10(9)18;1-2-6-9-8(4-1)5-3-7-10-9;1-2-4-5-3-1/h2-3,7,9-11,16,19-20H,4-6H2,1H3,(H,21,22);1-7H;1-4H/p-1/t9-,10+,11-,16-,17-;;/m0../s1. The number of phenolic OH excluding ortho intramolecular Hbond substituents is 1. The predicted octanol–water partition coefficient (Wildman–Crippen LogP) is 4.42. The van der Waals surface area contributed by atoms with Crippen molar-refractivity contribution in [3.63, 3.8) is 0 Å². The molecule has 6 atom stereocenters. The van der Waals surface area contributed by atoms with Crippen LogP contribution < -0.4 is 4.74 Å². The molecular formula is C30H29N2O5S2-. The molecule has 39 heavy (non-hydrogen) atoms. The number of piperidine rings is 1. The number of aromatic nitrogens is 1. The van der Waals surface area contributed by atoms with Crippen LogP contribution in [0.5, 0.6) is 11.5 Å². The van der Waals surface area contributed by atoms with Gasteiger partial charge in [-0.05, 0) is 72.0 Å². The SMILES string of the molecule is CN1CC[C@]23c4c5c(S(=O)[O-])cc(O)c4O[C@H]2[C@@H](O)C=C[C@H]3[C@H]1C5.c1ccc2ncccc2c1.c1ccsc1. The number of fused-ring (bicyclic) bond motifs is 1. The summed E-state index contributed by atoms with van der Waals surface area (Å²) in [6, 6.07) is 17.6. The molecule has 2 bridgehead atoms. The van der Waals surface area contributed by atoms with E-state index >= 15 is 0 Å². The third kappa shape index (κ3) is 4.38. The molecule has 0 amide bonds. The van der Waals surface area contributed by atoms with Gasteiger partial charge in [0.2, 0.25) is 0 Å². The molecule has 2 aromatic carbocycles. The lowest BCUT2D eigenvalue weighted by atomic mass is 9.53. The van der Waals surface area contributed by atoms with Gasteiger partial charge in [0, 0.05) is 39.4 Å². The van der Waals surface area contributed by atoms with Crippen LogP contribution in [-0.4, -0.2) is 60.7 Å². The van der Waals surface area contributed by atoms with Gasteiger partial charge in [-0.25, -0.2) is 0 Å². The maximum absolute atomic E-state index is 11.7. The summed E-state index contributed by atoms with van der Waals surface area (Å²) in [5.74, 6) is 0.355. The lowest BCUT2D eigenvalue weighted by Crippen LogP contribution is -2.64. The molecule has 1 unspecified atom stereocenters. The number of hydrogen-bond donors (Lipinski definition) is 2. The Balaban J connectivity index is 0.000000150. The first-order chi connectivity index (χ1) is 18.9. The fourth-order valence-corrected chi connectivity index (χ4v) is 7.73. The molecular weight excluding hydrogens is 532 g/mol. The number of aliphatic hydroxyl groups is 1. The normalized spacial score (nSPS) is 28.3. The smallest absolute Gasteiger partial charge is 0.165 e. The zero-order valence-electron chi connectivity index (χ0n) is 21.3. The number of thiophene rings is 1. The van der Waals surface area contributed by atoms with E-state index in [-0.39, 0.29) is 22.6 Å². The maximum atomic E-state index is 11.7. The van der Waals surface area contributed by atoms with Crippen molar-refractivity contribution in [1.29, 1.82) is 0 Å². The highest BCUT2D eigenvalue weighted by Crippen LogP contribution is 2.63. The second-order valence-corrected chi connectivity index (χ2v) is 12.0. The van der Waals surface area contributed by atoms with Gasteiger partial charge < -0.3 is 24.4 Å². The highest BCUT2D eigenvalue weighted by atomic mass is 32.2. The molecule has 9 heteroatoms. The summed E-state index contributed by atoms with van der Waals surface area (Å²) >= 11 is -0.713. The Kier molecular flexibility index (Phi) is 7.03. The first-order valence-electron chi connectivity index (χ1n) is 12.9. The lowest BCUT2D eigenvalue weighted by Gasteiger charge is -2.56. The van der Waals surface area contributed by atoms with Gasteiger partial charge in [-0.1, -0.05) is 48.6 Å². The van der Waals surface area contributed by atoms with E-state index in [0.717, 1.165) is 29.6 Å². The summed E-state index contributed by atoms with van der Waals surface area (Å²) in [5.41, 5.74) is 2.16. The molecule has 2 aliphatic heterocycles. The van der Waals surface area contributed by atoms with E-state index in [2.05, 4.69) is 35.1 Å². The van der Waals surface area contributed by atoms with Crippen molar-refractivity contribution in [1.82, 2.24) is 9.88 Å². The molecule has 1 spiro atoms. The minimum absolute atomic E-state index is 0.146. The van der Waals surface area contributed by atoms with E-state index in [1.165, 1.54) is 11.5 Å². The predicted molar refractivity (Wildman–Crippen MR) is 151 cm³/mol. The van der Waals surface area contributed by atoms with Crippen molar-refractivity contribution in [2.75, 3.05) is 13.6 Å². The summed E-state index contributed by atoms with van der Waals surface area (Å²) in [4.78, 5) is 6.60. The third-order valence-electron chi connectivity index (χ3n) is 8.35. The molecule has 4 heterocycles. The summed E-state index contributed by atoms with van der Waals surface area (Å²) < 4.78 is 29.5. The van der Waals surface area contributed by atoms with Gasteiger partial charge in [-0.15, -0.1) is 0 Å². The summed E-state index contributed by atoms with van der Waals surface area (Å²) in [5, 5.41) is 26.1. The van der Waals surface area contributed by atoms with Crippen molar-refractivity contribution in [3.05, 3.63) is 94.8 Å². The van der Waals surface area contributed by atoms with E-state index in [9.17, 15) is 19.0 Å². The van der Waals surface area contributed by atoms with Gasteiger partial charge in [-0.3, -0.25) is 9.19 Å². The molecule has 2 aromatic heterocycles. The molecule has 1 saturated heterocycles. The number of rotatable bonds is 1. The average molecular weight is 562 g/mol. The van der Waals surface area contributed by atoms with Gasteiger partial charge in [0.05, 0.1) is 5.52 Å². The van der Waals surface area contributed by atoms with Gasteiger partial charge in [-0.2, -0.15) is 11.3 Å². The van der Waals surface area contributed by atoms with Crippen LogP contribution in [0.4, 0.5) is 0 Å². The Morgan fingerprint density at radius 3 is 2.64 bits per heavy atom. The van der Waals surface area contributed by atoms with Gasteiger partial charge >= 0.3 is 0 Å². The monoisotopic (exact) mass is 561 g/mol. The lowest BCUT2D eigenvalue weighted by molar-refractivity contribution is -0.0455. The van der Waals surface area contributed by atoms with E-state index in [4.69, 9.17) is 4.74 Å². The van der Waals surface area contributed by atoms with E-state index < -0.39 is 28.7 Å². The van der Waals surface area contributed by atoms with Crippen LogP contribution in [0.15, 0.2) is 88.6 Å². The van der Waals surface area contributed by atoms with Crippen LogP contribution in [0.25, 0.3) is 10.9 Å². The number of phenols is 1. The van der Waals surface area contributed by atoms with Gasteiger partial charge in [0.25, 0.3) is 0 Å². The Labute approximate surface area is 233 Å². The fourth-order valence-electron chi connectivity index (χ4n) is 6.68. The van der Waals surface area contributed by atoms with Crippen LogP contribution >= 0.6 is 11.3 Å².